The average Bonchev–Trinajstić information content (AvgIpc) is 2.98. The van der Waals surface area contributed by atoms with E-state index in [1.165, 1.54) is 6.07 Å². The van der Waals surface area contributed by atoms with Gasteiger partial charge in [0.05, 0.1) is 6.61 Å². The van der Waals surface area contributed by atoms with Crippen molar-refractivity contribution in [3.8, 4) is 0 Å². The fraction of sp³-hybridized carbons (Fsp3) is 0.455. The Morgan fingerprint density at radius 1 is 1.47 bits per heavy atom. The Kier molecular flexibility index (Phi) is 2.96. The van der Waals surface area contributed by atoms with Crippen molar-refractivity contribution in [2.45, 2.75) is 24.9 Å². The van der Waals surface area contributed by atoms with E-state index in [1.807, 2.05) is 0 Å². The summed E-state index contributed by atoms with van der Waals surface area (Å²) in [6.45, 7) is 0.463. The van der Waals surface area contributed by atoms with E-state index < -0.39 is 0 Å². The summed E-state index contributed by atoms with van der Waals surface area (Å²) in [5.74, 6) is -0.302. The van der Waals surface area contributed by atoms with Crippen molar-refractivity contribution in [1.82, 2.24) is 5.32 Å². The lowest BCUT2D eigenvalue weighted by atomic mass is 10.2. The molecule has 0 bridgehead atoms. The highest BCUT2D eigenvalue weighted by molar-refractivity contribution is 6.31. The van der Waals surface area contributed by atoms with Crippen molar-refractivity contribution in [3.63, 3.8) is 0 Å². The Balaban J connectivity index is 2.05. The summed E-state index contributed by atoms with van der Waals surface area (Å²) in [5, 5.41) is 12.7. The van der Waals surface area contributed by atoms with Crippen molar-refractivity contribution in [2.75, 3.05) is 6.61 Å². The lowest BCUT2D eigenvalue weighted by Crippen LogP contribution is -2.34. The first kappa shape index (κ1) is 10.9. The second-order valence-corrected chi connectivity index (χ2v) is 4.40. The van der Waals surface area contributed by atoms with Crippen LogP contribution in [0, 0.1) is 5.82 Å². The van der Waals surface area contributed by atoms with Gasteiger partial charge in [0.1, 0.15) is 5.82 Å². The van der Waals surface area contributed by atoms with Crippen molar-refractivity contribution in [2.24, 2.45) is 0 Å². The van der Waals surface area contributed by atoms with Gasteiger partial charge in [-0.15, -0.1) is 0 Å². The summed E-state index contributed by atoms with van der Waals surface area (Å²) in [6.07, 6.45) is 1.88. The Hall–Kier alpha value is -0.640. The van der Waals surface area contributed by atoms with Crippen LogP contribution in [0.1, 0.15) is 18.4 Å². The molecule has 1 saturated carbocycles. The second kappa shape index (κ2) is 4.08. The molecule has 0 aromatic heterocycles. The highest BCUT2D eigenvalue weighted by atomic mass is 35.5. The molecule has 1 aliphatic carbocycles. The fourth-order valence-electron chi connectivity index (χ4n) is 1.52. The lowest BCUT2D eigenvalue weighted by Gasteiger charge is -2.15. The maximum atomic E-state index is 13.4. The van der Waals surface area contributed by atoms with E-state index in [4.69, 9.17) is 16.7 Å². The third kappa shape index (κ3) is 2.30. The number of hydrogen-bond acceptors (Lipinski definition) is 2. The highest BCUT2D eigenvalue weighted by Crippen LogP contribution is 2.35. The van der Waals surface area contributed by atoms with Gasteiger partial charge in [-0.2, -0.15) is 0 Å². The van der Waals surface area contributed by atoms with E-state index in [9.17, 15) is 4.39 Å². The van der Waals surface area contributed by atoms with Gasteiger partial charge in [-0.1, -0.05) is 17.7 Å². The lowest BCUT2D eigenvalue weighted by molar-refractivity contribution is 0.229. The zero-order valence-electron chi connectivity index (χ0n) is 8.26. The minimum atomic E-state index is -0.302. The van der Waals surface area contributed by atoms with Crippen LogP contribution in [-0.4, -0.2) is 17.3 Å². The molecular weight excluding hydrogens is 217 g/mol. The molecule has 15 heavy (non-hydrogen) atoms. The topological polar surface area (TPSA) is 32.3 Å². The van der Waals surface area contributed by atoms with Crippen LogP contribution in [0.4, 0.5) is 4.39 Å². The molecule has 0 radical (unpaired) electrons. The van der Waals surface area contributed by atoms with Crippen LogP contribution in [0.25, 0.3) is 0 Å². The summed E-state index contributed by atoms with van der Waals surface area (Å²) in [5.41, 5.74) is 0.282. The quantitative estimate of drug-likeness (QED) is 0.829. The van der Waals surface area contributed by atoms with E-state index in [0.29, 0.717) is 17.1 Å². The van der Waals surface area contributed by atoms with Crippen molar-refractivity contribution >= 4 is 11.6 Å². The third-order valence-electron chi connectivity index (χ3n) is 2.86. The molecule has 0 amide bonds. The number of rotatable bonds is 4. The third-order valence-corrected chi connectivity index (χ3v) is 3.21. The Morgan fingerprint density at radius 2 is 2.20 bits per heavy atom. The van der Waals surface area contributed by atoms with Crippen molar-refractivity contribution in [1.29, 1.82) is 0 Å². The van der Waals surface area contributed by atoms with Crippen LogP contribution in [0.5, 0.6) is 0 Å². The molecular formula is C11H13ClFNO. The van der Waals surface area contributed by atoms with Gasteiger partial charge in [-0.05, 0) is 25.0 Å². The van der Waals surface area contributed by atoms with Gasteiger partial charge in [0.25, 0.3) is 0 Å². The molecule has 1 aromatic carbocycles. The minimum Gasteiger partial charge on any atom is -0.394 e. The largest absolute Gasteiger partial charge is 0.394 e. The zero-order chi connectivity index (χ0) is 10.9. The maximum Gasteiger partial charge on any atom is 0.129 e. The van der Waals surface area contributed by atoms with E-state index >= 15 is 0 Å². The number of hydrogen-bond donors (Lipinski definition) is 2. The molecule has 1 fully saturated rings. The molecule has 1 aromatic rings. The smallest absolute Gasteiger partial charge is 0.129 e. The monoisotopic (exact) mass is 229 g/mol. The minimum absolute atomic E-state index is 0.0963. The van der Waals surface area contributed by atoms with E-state index in [0.717, 1.165) is 12.8 Å². The number of nitrogens with one attached hydrogen (secondary N) is 1. The van der Waals surface area contributed by atoms with Gasteiger partial charge in [0.2, 0.25) is 0 Å². The predicted octanol–water partition coefficient (Wildman–Crippen LogP) is 2.09. The van der Waals surface area contributed by atoms with Crippen LogP contribution >= 0.6 is 11.6 Å². The average molecular weight is 230 g/mol. The molecule has 0 spiro atoms. The number of aliphatic hydroxyl groups excluding tert-OH is 1. The standard InChI is InChI=1S/C11H13ClFNO/c12-9-2-1-3-10(13)8(9)6-14-11(7-15)4-5-11/h1-3,14-15H,4-7H2. The van der Waals surface area contributed by atoms with Crippen LogP contribution in [-0.2, 0) is 6.54 Å². The second-order valence-electron chi connectivity index (χ2n) is 3.99. The van der Waals surface area contributed by atoms with Crippen LogP contribution < -0.4 is 5.32 Å². The number of halogens is 2. The highest BCUT2D eigenvalue weighted by Gasteiger charge is 2.41. The molecule has 0 atom stereocenters. The molecule has 2 N–H and O–H groups in total. The van der Waals surface area contributed by atoms with Crippen LogP contribution in [0.15, 0.2) is 18.2 Å². The van der Waals surface area contributed by atoms with Gasteiger partial charge in [-0.3, -0.25) is 0 Å². The Labute approximate surface area is 93.1 Å². The number of benzene rings is 1. The summed E-state index contributed by atoms with van der Waals surface area (Å²) in [6, 6.07) is 4.64. The van der Waals surface area contributed by atoms with Gasteiger partial charge >= 0.3 is 0 Å². The van der Waals surface area contributed by atoms with E-state index in [1.54, 1.807) is 12.1 Å². The molecule has 2 nitrogen and oxygen atoms in total. The first-order valence-corrected chi connectivity index (χ1v) is 5.33. The van der Waals surface area contributed by atoms with Gasteiger partial charge in [0.15, 0.2) is 0 Å². The van der Waals surface area contributed by atoms with Crippen LogP contribution in [0.2, 0.25) is 5.02 Å². The first-order valence-electron chi connectivity index (χ1n) is 4.96. The van der Waals surface area contributed by atoms with E-state index in [-0.39, 0.29) is 18.0 Å². The molecule has 82 valence electrons. The molecule has 0 saturated heterocycles. The fourth-order valence-corrected chi connectivity index (χ4v) is 1.75. The van der Waals surface area contributed by atoms with Gasteiger partial charge in [-0.25, -0.2) is 4.39 Å². The van der Waals surface area contributed by atoms with Gasteiger partial charge < -0.3 is 10.4 Å². The van der Waals surface area contributed by atoms with E-state index in [2.05, 4.69) is 5.32 Å². The predicted molar refractivity (Wildman–Crippen MR) is 57.3 cm³/mol. The number of aliphatic hydroxyl groups is 1. The SMILES string of the molecule is OCC1(NCc2c(F)cccc2Cl)CC1. The maximum absolute atomic E-state index is 13.4. The Morgan fingerprint density at radius 3 is 2.73 bits per heavy atom. The first-order chi connectivity index (χ1) is 7.17. The molecule has 0 heterocycles. The van der Waals surface area contributed by atoms with Crippen LogP contribution in [0.3, 0.4) is 0 Å². The normalized spacial score (nSPS) is 17.8. The zero-order valence-corrected chi connectivity index (χ0v) is 9.02. The molecule has 2 rings (SSSR count). The van der Waals surface area contributed by atoms with Crippen molar-refractivity contribution < 1.29 is 9.50 Å². The summed E-state index contributed by atoms with van der Waals surface area (Å²) >= 11 is 5.88. The van der Waals surface area contributed by atoms with Crippen molar-refractivity contribution in [3.05, 3.63) is 34.6 Å². The molecule has 0 unspecified atom stereocenters. The molecule has 1 aliphatic rings. The summed E-state index contributed by atoms with van der Waals surface area (Å²) < 4.78 is 13.4. The summed E-state index contributed by atoms with van der Waals surface area (Å²) in [7, 11) is 0. The molecule has 0 aliphatic heterocycles. The molecule has 4 heteroatoms. The Bertz CT molecular complexity index is 345. The summed E-state index contributed by atoms with van der Waals surface area (Å²) in [4.78, 5) is 0. The van der Waals surface area contributed by atoms with Gasteiger partial charge in [0, 0.05) is 22.7 Å².